The Hall–Kier alpha value is -3.72. The van der Waals surface area contributed by atoms with Crippen LogP contribution in [0.25, 0.3) is 16.9 Å². The summed E-state index contributed by atoms with van der Waals surface area (Å²) < 4.78 is 40.9. The zero-order valence-corrected chi connectivity index (χ0v) is 17.2. The van der Waals surface area contributed by atoms with Crippen molar-refractivity contribution >= 4 is 22.6 Å². The highest BCUT2D eigenvalue weighted by molar-refractivity contribution is 5.99. The van der Waals surface area contributed by atoms with Crippen LogP contribution in [0.5, 0.6) is 0 Å². The first-order valence-corrected chi connectivity index (χ1v) is 9.51. The Labute approximate surface area is 180 Å². The van der Waals surface area contributed by atoms with Crippen LogP contribution in [0.15, 0.2) is 30.7 Å². The lowest BCUT2D eigenvalue weighted by atomic mass is 10.0. The lowest BCUT2D eigenvalue weighted by Crippen LogP contribution is -2.42. The normalized spacial score (nSPS) is 12.6. The molecule has 0 spiro atoms. The highest BCUT2D eigenvalue weighted by Gasteiger charge is 2.27. The number of alkyl halides is 3. The van der Waals surface area contributed by atoms with Crippen molar-refractivity contribution in [3.63, 3.8) is 0 Å². The molecule has 0 radical (unpaired) electrons. The standard InChI is InChI=1S/C20H20F3N7O2/c1-20(2,32)15(21)9-28-19(31)13-8-26-17(4-14(13)25-10-16(22)23)30-18-12(7-29-30)3-11(5-24)6-27-18/h3-4,6-8,15-16,32H,9-10H2,1-2H3,(H,25,26)(H,28,31). The van der Waals surface area contributed by atoms with Crippen LogP contribution < -0.4 is 10.6 Å². The van der Waals surface area contributed by atoms with Gasteiger partial charge in [0.25, 0.3) is 12.3 Å². The maximum absolute atomic E-state index is 14.0. The van der Waals surface area contributed by atoms with Crippen LogP contribution in [0, 0.1) is 11.3 Å². The number of hydrogen-bond donors (Lipinski definition) is 3. The van der Waals surface area contributed by atoms with Crippen LogP contribution in [0.3, 0.4) is 0 Å². The minimum atomic E-state index is -2.69. The third kappa shape index (κ3) is 5.12. The number of carbonyl (C=O) groups is 1. The van der Waals surface area contributed by atoms with E-state index in [2.05, 4.69) is 25.7 Å². The third-order valence-corrected chi connectivity index (χ3v) is 4.54. The molecule has 1 unspecified atom stereocenters. The zero-order chi connectivity index (χ0) is 23.5. The Kier molecular flexibility index (Phi) is 6.59. The topological polar surface area (TPSA) is 129 Å². The van der Waals surface area contributed by atoms with E-state index in [9.17, 15) is 23.1 Å². The molecule has 0 saturated heterocycles. The molecule has 0 saturated carbocycles. The molecule has 32 heavy (non-hydrogen) atoms. The van der Waals surface area contributed by atoms with E-state index in [1.165, 1.54) is 37.0 Å². The summed E-state index contributed by atoms with van der Waals surface area (Å²) in [7, 11) is 0. The summed E-state index contributed by atoms with van der Waals surface area (Å²) in [6.45, 7) is 1.31. The van der Waals surface area contributed by atoms with E-state index in [1.54, 1.807) is 6.07 Å². The summed E-state index contributed by atoms with van der Waals surface area (Å²) in [5.74, 6) is -0.569. The minimum absolute atomic E-state index is 0.0313. The van der Waals surface area contributed by atoms with Gasteiger partial charge in [-0.15, -0.1) is 0 Å². The van der Waals surface area contributed by atoms with E-state index < -0.39 is 37.2 Å². The van der Waals surface area contributed by atoms with Gasteiger partial charge in [-0.05, 0) is 19.9 Å². The van der Waals surface area contributed by atoms with Crippen molar-refractivity contribution in [3.05, 3.63) is 41.9 Å². The molecular weight excluding hydrogens is 427 g/mol. The summed E-state index contributed by atoms with van der Waals surface area (Å²) in [5, 5.41) is 28.2. The van der Waals surface area contributed by atoms with Crippen LogP contribution in [0.1, 0.15) is 29.8 Å². The molecule has 0 aliphatic heterocycles. The van der Waals surface area contributed by atoms with Gasteiger partial charge in [-0.25, -0.2) is 23.1 Å². The second kappa shape index (κ2) is 9.19. The lowest BCUT2D eigenvalue weighted by Gasteiger charge is -2.22. The van der Waals surface area contributed by atoms with Gasteiger partial charge in [0.2, 0.25) is 0 Å². The van der Waals surface area contributed by atoms with Gasteiger partial charge in [-0.2, -0.15) is 15.0 Å². The number of aromatic nitrogens is 4. The average Bonchev–Trinajstić information content (AvgIpc) is 3.17. The first kappa shape index (κ1) is 23.0. The predicted molar refractivity (Wildman–Crippen MR) is 109 cm³/mol. The molecule has 3 N–H and O–H groups in total. The molecule has 1 amide bonds. The first-order chi connectivity index (χ1) is 15.1. The second-order valence-corrected chi connectivity index (χ2v) is 7.50. The summed E-state index contributed by atoms with van der Waals surface area (Å²) in [6.07, 6.45) is -0.461. The predicted octanol–water partition coefficient (Wildman–Crippen LogP) is 2.20. The Bertz CT molecular complexity index is 1170. The minimum Gasteiger partial charge on any atom is -0.387 e. The number of fused-ring (bicyclic) bond motifs is 1. The van der Waals surface area contributed by atoms with Gasteiger partial charge in [-0.3, -0.25) is 4.79 Å². The number of halogens is 3. The smallest absolute Gasteiger partial charge is 0.255 e. The Morgan fingerprint density at radius 2 is 1.97 bits per heavy atom. The van der Waals surface area contributed by atoms with Gasteiger partial charge in [0.05, 0.1) is 41.7 Å². The number of nitrogens with one attached hydrogen (secondary N) is 2. The van der Waals surface area contributed by atoms with Crippen LogP contribution in [0.2, 0.25) is 0 Å². The number of anilines is 1. The summed E-state index contributed by atoms with van der Waals surface area (Å²) in [4.78, 5) is 20.9. The molecular formula is C20H20F3N7O2. The number of rotatable bonds is 8. The molecule has 0 aliphatic carbocycles. The van der Waals surface area contributed by atoms with Crippen molar-refractivity contribution in [1.29, 1.82) is 5.26 Å². The fourth-order valence-corrected chi connectivity index (χ4v) is 2.75. The fraction of sp³-hybridized carbons (Fsp3) is 0.350. The molecule has 3 heterocycles. The molecule has 12 heteroatoms. The number of amides is 1. The van der Waals surface area contributed by atoms with Crippen LogP contribution in [-0.2, 0) is 0 Å². The van der Waals surface area contributed by atoms with Gasteiger partial charge >= 0.3 is 0 Å². The van der Waals surface area contributed by atoms with Crippen LogP contribution in [0.4, 0.5) is 18.9 Å². The van der Waals surface area contributed by atoms with Gasteiger partial charge in [0, 0.05) is 23.8 Å². The van der Waals surface area contributed by atoms with Crippen molar-refractivity contribution in [1.82, 2.24) is 25.1 Å². The van der Waals surface area contributed by atoms with Crippen molar-refractivity contribution in [2.75, 3.05) is 18.4 Å². The number of aliphatic hydroxyl groups is 1. The summed E-state index contributed by atoms with van der Waals surface area (Å²) >= 11 is 0. The monoisotopic (exact) mass is 447 g/mol. The first-order valence-electron chi connectivity index (χ1n) is 9.51. The van der Waals surface area contributed by atoms with Gasteiger partial charge in [-0.1, -0.05) is 0 Å². The number of pyridine rings is 2. The third-order valence-electron chi connectivity index (χ3n) is 4.54. The molecule has 168 valence electrons. The average molecular weight is 447 g/mol. The van der Waals surface area contributed by atoms with Crippen molar-refractivity contribution < 1.29 is 23.1 Å². The van der Waals surface area contributed by atoms with Gasteiger partial charge in [0.1, 0.15) is 12.2 Å². The summed E-state index contributed by atoms with van der Waals surface area (Å²) in [5.41, 5.74) is -1.00. The maximum atomic E-state index is 14.0. The molecule has 3 aromatic rings. The molecule has 9 nitrogen and oxygen atoms in total. The number of nitriles is 1. The Morgan fingerprint density at radius 3 is 2.62 bits per heavy atom. The maximum Gasteiger partial charge on any atom is 0.255 e. The van der Waals surface area contributed by atoms with E-state index in [0.717, 1.165) is 6.20 Å². The number of hydrogen-bond acceptors (Lipinski definition) is 7. The number of nitrogens with zero attached hydrogens (tertiary/aromatic N) is 5. The van der Waals surface area contributed by atoms with Crippen LogP contribution >= 0.6 is 0 Å². The molecule has 0 bridgehead atoms. The van der Waals surface area contributed by atoms with E-state index >= 15 is 0 Å². The van der Waals surface area contributed by atoms with E-state index in [-0.39, 0.29) is 17.1 Å². The van der Waals surface area contributed by atoms with Gasteiger partial charge in [0.15, 0.2) is 11.5 Å². The van der Waals surface area contributed by atoms with Crippen LogP contribution in [-0.4, -0.2) is 62.0 Å². The van der Waals surface area contributed by atoms with E-state index in [4.69, 9.17) is 5.26 Å². The molecule has 0 aliphatic rings. The zero-order valence-electron chi connectivity index (χ0n) is 17.2. The molecule has 0 aromatic carbocycles. The van der Waals surface area contributed by atoms with E-state index in [0.29, 0.717) is 16.6 Å². The van der Waals surface area contributed by atoms with Crippen molar-refractivity contribution in [3.8, 4) is 11.9 Å². The molecule has 3 aromatic heterocycles. The highest BCUT2D eigenvalue weighted by Crippen LogP contribution is 2.22. The number of carbonyl (C=O) groups excluding carboxylic acids is 1. The lowest BCUT2D eigenvalue weighted by molar-refractivity contribution is -0.00177. The van der Waals surface area contributed by atoms with E-state index in [1.807, 2.05) is 6.07 Å². The SMILES string of the molecule is CC(C)(O)C(F)CNC(=O)c1cnc(-n2ncc3cc(C#N)cnc32)cc1NCC(F)F. The quantitative estimate of drug-likeness (QED) is 0.483. The Morgan fingerprint density at radius 1 is 1.22 bits per heavy atom. The second-order valence-electron chi connectivity index (χ2n) is 7.50. The summed E-state index contributed by atoms with van der Waals surface area (Å²) in [6, 6.07) is 4.89. The fourth-order valence-electron chi connectivity index (χ4n) is 2.75. The molecule has 3 rings (SSSR count). The molecule has 1 atom stereocenters. The van der Waals surface area contributed by atoms with Gasteiger partial charge < -0.3 is 15.7 Å². The Balaban J connectivity index is 1.93. The van der Waals surface area contributed by atoms with Crippen molar-refractivity contribution in [2.24, 2.45) is 0 Å². The molecule has 0 fully saturated rings. The van der Waals surface area contributed by atoms with Crippen molar-refractivity contribution in [2.45, 2.75) is 32.0 Å². The largest absolute Gasteiger partial charge is 0.387 e. The highest BCUT2D eigenvalue weighted by atomic mass is 19.3.